The smallest absolute Gasteiger partial charge is 0.240 e. The number of nitrogens with one attached hydrogen (secondary N) is 1. The molecule has 6 heteroatoms. The quantitative estimate of drug-likeness (QED) is 0.714. The molecule has 6 rings (SSSR count). The largest absolute Gasteiger partial charge is 0.368 e. The Morgan fingerprint density at radius 1 is 0.967 bits per heavy atom. The van der Waals surface area contributed by atoms with Gasteiger partial charge < -0.3 is 10.2 Å². The number of amides is 1. The maximum absolute atomic E-state index is 13.4. The Labute approximate surface area is 190 Å². The Kier molecular flexibility index (Phi) is 5.48. The van der Waals surface area contributed by atoms with Gasteiger partial charge in [0.05, 0.1) is 21.3 Å². The number of piperazine rings is 1. The Bertz CT molecular complexity index is 791. The maximum atomic E-state index is 13.4. The van der Waals surface area contributed by atoms with Crippen LogP contribution in [0, 0.1) is 23.7 Å². The number of hydrogen-bond donors (Lipinski definition) is 1. The molecule has 1 saturated heterocycles. The first-order valence-corrected chi connectivity index (χ1v) is 12.3. The monoisotopic (exact) mass is 449 g/mol. The summed E-state index contributed by atoms with van der Waals surface area (Å²) in [4.78, 5) is 18.0. The van der Waals surface area contributed by atoms with E-state index in [4.69, 9.17) is 23.2 Å². The van der Waals surface area contributed by atoms with Crippen LogP contribution in [0.1, 0.15) is 46.0 Å². The molecule has 4 nitrogen and oxygen atoms in total. The number of rotatable bonds is 4. The topological polar surface area (TPSA) is 35.6 Å². The van der Waals surface area contributed by atoms with E-state index in [2.05, 4.69) is 29.0 Å². The van der Waals surface area contributed by atoms with Crippen molar-refractivity contribution in [1.82, 2.24) is 10.2 Å². The van der Waals surface area contributed by atoms with E-state index in [1.165, 1.54) is 32.1 Å². The Balaban J connectivity index is 1.21. The second-order valence-corrected chi connectivity index (χ2v) is 11.3. The molecular formula is C24H33Cl2N3O. The van der Waals surface area contributed by atoms with Gasteiger partial charge in [-0.15, -0.1) is 0 Å². The lowest BCUT2D eigenvalue weighted by Gasteiger charge is -2.55. The van der Waals surface area contributed by atoms with Crippen LogP contribution in [-0.4, -0.2) is 48.6 Å². The molecule has 5 fully saturated rings. The maximum Gasteiger partial charge on any atom is 0.240 e. The summed E-state index contributed by atoms with van der Waals surface area (Å²) in [6.07, 6.45) is 6.77. The van der Waals surface area contributed by atoms with E-state index in [9.17, 15) is 4.79 Å². The molecule has 5 aliphatic rings. The van der Waals surface area contributed by atoms with Crippen LogP contribution in [0.25, 0.3) is 0 Å². The van der Waals surface area contributed by atoms with Crippen molar-refractivity contribution in [3.63, 3.8) is 0 Å². The summed E-state index contributed by atoms with van der Waals surface area (Å²) >= 11 is 12.6. The van der Waals surface area contributed by atoms with Gasteiger partial charge in [-0.2, -0.15) is 0 Å². The van der Waals surface area contributed by atoms with Crippen LogP contribution in [0.15, 0.2) is 18.2 Å². The van der Waals surface area contributed by atoms with E-state index in [1.807, 2.05) is 18.2 Å². The molecule has 0 spiro atoms. The lowest BCUT2D eigenvalue weighted by Crippen LogP contribution is -2.64. The second kappa shape index (κ2) is 7.86. The van der Waals surface area contributed by atoms with Gasteiger partial charge in [0.25, 0.3) is 0 Å². The first-order valence-electron chi connectivity index (χ1n) is 11.6. The van der Waals surface area contributed by atoms with Gasteiger partial charge in [0.1, 0.15) is 0 Å². The van der Waals surface area contributed by atoms with E-state index < -0.39 is 5.54 Å². The minimum atomic E-state index is -0.501. The first kappa shape index (κ1) is 20.9. The van der Waals surface area contributed by atoms with E-state index in [-0.39, 0.29) is 5.91 Å². The SMILES string of the molecule is CC(C)(C(=O)NC1C2CC3CC(C2)CC1C3)N1CCN(c2cccc(Cl)c2Cl)CC1. The molecule has 0 atom stereocenters. The minimum absolute atomic E-state index is 0.203. The van der Waals surface area contributed by atoms with E-state index >= 15 is 0 Å². The van der Waals surface area contributed by atoms with Gasteiger partial charge in [-0.1, -0.05) is 29.3 Å². The van der Waals surface area contributed by atoms with Gasteiger partial charge in [0.2, 0.25) is 5.91 Å². The fourth-order valence-corrected chi connectivity index (χ4v) is 7.29. The van der Waals surface area contributed by atoms with Gasteiger partial charge in [-0.25, -0.2) is 0 Å². The lowest BCUT2D eigenvalue weighted by atomic mass is 9.54. The molecule has 0 radical (unpaired) electrons. The van der Waals surface area contributed by atoms with Crippen LogP contribution in [0.5, 0.6) is 0 Å². The molecular weight excluding hydrogens is 417 g/mol. The minimum Gasteiger partial charge on any atom is -0.368 e. The molecule has 1 heterocycles. The van der Waals surface area contributed by atoms with Gasteiger partial charge in [0.15, 0.2) is 0 Å². The molecule has 4 bridgehead atoms. The van der Waals surface area contributed by atoms with Crippen molar-refractivity contribution in [2.24, 2.45) is 23.7 Å². The zero-order valence-corrected chi connectivity index (χ0v) is 19.6. The third kappa shape index (κ3) is 3.63. The van der Waals surface area contributed by atoms with E-state index in [0.717, 1.165) is 43.7 Å². The zero-order valence-electron chi connectivity index (χ0n) is 18.0. The highest BCUT2D eigenvalue weighted by atomic mass is 35.5. The Morgan fingerprint density at radius 2 is 1.57 bits per heavy atom. The summed E-state index contributed by atoms with van der Waals surface area (Å²) in [7, 11) is 0. The number of hydrogen-bond acceptors (Lipinski definition) is 3. The third-order valence-corrected chi connectivity index (χ3v) is 9.23. The summed E-state index contributed by atoms with van der Waals surface area (Å²) in [5.41, 5.74) is 0.485. The normalized spacial score (nSPS) is 33.7. The van der Waals surface area contributed by atoms with Crippen molar-refractivity contribution >= 4 is 34.8 Å². The first-order chi connectivity index (χ1) is 14.3. The molecule has 1 amide bonds. The average molecular weight is 450 g/mol. The predicted molar refractivity (Wildman–Crippen MR) is 123 cm³/mol. The molecule has 1 aromatic carbocycles. The second-order valence-electron chi connectivity index (χ2n) is 10.5. The van der Waals surface area contributed by atoms with Crippen molar-refractivity contribution in [1.29, 1.82) is 0 Å². The van der Waals surface area contributed by atoms with Crippen molar-refractivity contribution in [3.8, 4) is 0 Å². The van der Waals surface area contributed by atoms with Gasteiger partial charge >= 0.3 is 0 Å². The molecule has 164 valence electrons. The van der Waals surface area contributed by atoms with Crippen molar-refractivity contribution in [2.45, 2.75) is 57.5 Å². The molecule has 4 aliphatic carbocycles. The van der Waals surface area contributed by atoms with Crippen LogP contribution in [0.3, 0.4) is 0 Å². The molecule has 4 saturated carbocycles. The van der Waals surface area contributed by atoms with Gasteiger partial charge in [-0.3, -0.25) is 9.69 Å². The highest BCUT2D eigenvalue weighted by molar-refractivity contribution is 6.43. The van der Waals surface area contributed by atoms with Gasteiger partial charge in [-0.05, 0) is 81.8 Å². The number of nitrogens with zero attached hydrogens (tertiary/aromatic N) is 2. The van der Waals surface area contributed by atoms with Crippen molar-refractivity contribution in [2.75, 3.05) is 31.1 Å². The molecule has 1 aliphatic heterocycles. The molecule has 30 heavy (non-hydrogen) atoms. The summed E-state index contributed by atoms with van der Waals surface area (Å²) < 4.78 is 0. The van der Waals surface area contributed by atoms with Crippen LogP contribution >= 0.6 is 23.2 Å². The molecule has 1 N–H and O–H groups in total. The third-order valence-electron chi connectivity index (χ3n) is 8.42. The predicted octanol–water partition coefficient (Wildman–Crippen LogP) is 4.83. The average Bonchev–Trinajstić information content (AvgIpc) is 2.72. The zero-order chi connectivity index (χ0) is 21.0. The number of benzene rings is 1. The van der Waals surface area contributed by atoms with Crippen molar-refractivity contribution < 1.29 is 4.79 Å². The summed E-state index contributed by atoms with van der Waals surface area (Å²) in [5, 5.41) is 4.73. The van der Waals surface area contributed by atoms with Crippen LogP contribution in [-0.2, 0) is 4.79 Å². The summed E-state index contributed by atoms with van der Waals surface area (Å²) in [6.45, 7) is 7.53. The molecule has 0 unspecified atom stereocenters. The van der Waals surface area contributed by atoms with Crippen LogP contribution in [0.4, 0.5) is 5.69 Å². The number of carbonyl (C=O) groups is 1. The van der Waals surface area contributed by atoms with Crippen LogP contribution in [0.2, 0.25) is 10.0 Å². The van der Waals surface area contributed by atoms with Gasteiger partial charge in [0, 0.05) is 32.2 Å². The standard InChI is InChI=1S/C24H33Cl2N3O/c1-24(2,23(30)27-22-17-11-15-10-16(13-17)14-18(22)12-15)29-8-6-28(7-9-29)20-5-3-4-19(25)21(20)26/h3-5,15-18,22H,6-14H2,1-2H3,(H,27,30). The summed E-state index contributed by atoms with van der Waals surface area (Å²) in [5.74, 6) is 3.49. The fraction of sp³-hybridized carbons (Fsp3) is 0.708. The lowest BCUT2D eigenvalue weighted by molar-refractivity contribution is -0.136. The molecule has 0 aromatic heterocycles. The Morgan fingerprint density at radius 3 is 2.17 bits per heavy atom. The highest BCUT2D eigenvalue weighted by Gasteiger charge is 2.50. The van der Waals surface area contributed by atoms with Crippen LogP contribution < -0.4 is 10.2 Å². The number of carbonyl (C=O) groups excluding carboxylic acids is 1. The van der Waals surface area contributed by atoms with Crippen molar-refractivity contribution in [3.05, 3.63) is 28.2 Å². The number of anilines is 1. The molecule has 1 aromatic rings. The number of halogens is 2. The van der Waals surface area contributed by atoms with E-state index in [1.54, 1.807) is 0 Å². The summed E-state index contributed by atoms with van der Waals surface area (Å²) in [6, 6.07) is 6.18. The highest BCUT2D eigenvalue weighted by Crippen LogP contribution is 2.53. The fourth-order valence-electron chi connectivity index (χ4n) is 6.88. The Hall–Kier alpha value is -0.970. The van der Waals surface area contributed by atoms with E-state index in [0.29, 0.717) is 27.9 Å².